The first-order valence-corrected chi connectivity index (χ1v) is 8.61. The maximum Gasteiger partial charge on any atom is 0.227 e. The number of piperazine rings is 1. The largest absolute Gasteiger partial charge is 0.342 e. The predicted molar refractivity (Wildman–Crippen MR) is 101 cm³/mol. The van der Waals surface area contributed by atoms with Crippen LogP contribution in [0.3, 0.4) is 0 Å². The Morgan fingerprint density at radius 1 is 0.960 bits per heavy atom. The highest BCUT2D eigenvalue weighted by molar-refractivity contribution is 5.66. The maximum atomic E-state index is 10.9. The van der Waals surface area contributed by atoms with E-state index in [1.54, 1.807) is 4.90 Å². The molecule has 2 aromatic rings. The van der Waals surface area contributed by atoms with Crippen LogP contribution in [-0.4, -0.2) is 47.5 Å². The Kier molecular flexibility index (Phi) is 4.88. The second-order valence-corrected chi connectivity index (χ2v) is 6.72. The fourth-order valence-electron chi connectivity index (χ4n) is 3.29. The van der Waals surface area contributed by atoms with Gasteiger partial charge in [0.15, 0.2) is 0 Å². The fourth-order valence-corrected chi connectivity index (χ4v) is 3.29. The van der Waals surface area contributed by atoms with Crippen molar-refractivity contribution >= 4 is 23.9 Å². The molecular weight excluding hydrogens is 314 g/mol. The molecule has 0 saturated carbocycles. The Hall–Kier alpha value is -2.63. The maximum absolute atomic E-state index is 10.9. The molecule has 1 aromatic heterocycles. The molecular formula is C19H25N5O. The zero-order valence-corrected chi connectivity index (χ0v) is 15.3. The quantitative estimate of drug-likeness (QED) is 0.868. The van der Waals surface area contributed by atoms with Crippen LogP contribution in [0.1, 0.15) is 22.4 Å². The molecule has 0 spiro atoms. The van der Waals surface area contributed by atoms with Crippen molar-refractivity contribution in [2.75, 3.05) is 36.4 Å². The van der Waals surface area contributed by atoms with Crippen LogP contribution in [0.15, 0.2) is 18.2 Å². The molecule has 1 aliphatic rings. The van der Waals surface area contributed by atoms with E-state index in [9.17, 15) is 4.79 Å². The molecule has 0 unspecified atom stereocenters. The molecule has 1 fully saturated rings. The number of amides is 1. The van der Waals surface area contributed by atoms with Gasteiger partial charge in [-0.25, -0.2) is 4.98 Å². The molecule has 0 radical (unpaired) electrons. The minimum Gasteiger partial charge on any atom is -0.342 e. The molecule has 1 saturated heterocycles. The number of aryl methyl sites for hydroxylation is 4. The van der Waals surface area contributed by atoms with Crippen molar-refractivity contribution < 1.29 is 4.79 Å². The summed E-state index contributed by atoms with van der Waals surface area (Å²) in [4.78, 5) is 24.1. The molecule has 1 N–H and O–H groups in total. The van der Waals surface area contributed by atoms with Crippen molar-refractivity contribution in [2.24, 2.45) is 0 Å². The van der Waals surface area contributed by atoms with Gasteiger partial charge in [0.2, 0.25) is 12.4 Å². The molecule has 132 valence electrons. The Bertz CT molecular complexity index is 758. The van der Waals surface area contributed by atoms with Crippen LogP contribution in [0.25, 0.3) is 0 Å². The van der Waals surface area contributed by atoms with E-state index in [4.69, 9.17) is 4.98 Å². The summed E-state index contributed by atoms with van der Waals surface area (Å²) in [6.45, 7) is 11.2. The van der Waals surface area contributed by atoms with E-state index in [-0.39, 0.29) is 0 Å². The smallest absolute Gasteiger partial charge is 0.227 e. The van der Waals surface area contributed by atoms with Gasteiger partial charge in [-0.3, -0.25) is 4.79 Å². The Morgan fingerprint density at radius 3 is 2.20 bits per heavy atom. The number of carbonyl (C=O) groups excluding carboxylic acids is 1. The second-order valence-electron chi connectivity index (χ2n) is 6.72. The van der Waals surface area contributed by atoms with Crippen molar-refractivity contribution in [3.05, 3.63) is 40.6 Å². The molecule has 1 aliphatic heterocycles. The Balaban J connectivity index is 1.84. The van der Waals surface area contributed by atoms with Crippen LogP contribution in [-0.2, 0) is 4.79 Å². The van der Waals surface area contributed by atoms with Gasteiger partial charge in [0.1, 0.15) is 5.82 Å². The molecule has 3 rings (SSSR count). The molecule has 25 heavy (non-hydrogen) atoms. The third kappa shape index (κ3) is 3.90. The molecule has 1 amide bonds. The van der Waals surface area contributed by atoms with E-state index in [0.717, 1.165) is 42.6 Å². The highest BCUT2D eigenvalue weighted by Gasteiger charge is 2.18. The number of hydrogen-bond acceptors (Lipinski definition) is 5. The lowest BCUT2D eigenvalue weighted by Crippen LogP contribution is -2.46. The zero-order valence-electron chi connectivity index (χ0n) is 15.3. The van der Waals surface area contributed by atoms with Crippen molar-refractivity contribution in [2.45, 2.75) is 27.7 Å². The summed E-state index contributed by atoms with van der Waals surface area (Å²) in [6.07, 6.45) is 0.907. The number of nitrogens with one attached hydrogen (secondary N) is 1. The summed E-state index contributed by atoms with van der Waals surface area (Å²) in [5, 5.41) is 3.46. The number of anilines is 3. The number of rotatable bonds is 4. The number of nitrogens with zero attached hydrogens (tertiary/aromatic N) is 4. The summed E-state index contributed by atoms with van der Waals surface area (Å²) in [5.41, 5.74) is 5.69. The van der Waals surface area contributed by atoms with Crippen LogP contribution < -0.4 is 10.2 Å². The van der Waals surface area contributed by atoms with Crippen molar-refractivity contribution in [1.29, 1.82) is 0 Å². The SMILES string of the molecule is Cc1cc(C)c(Nc2cc(C)nc(N3CCN(C=O)CC3)n2)c(C)c1. The third-order valence-electron chi connectivity index (χ3n) is 4.52. The fraction of sp³-hybridized carbons (Fsp3) is 0.421. The Morgan fingerprint density at radius 2 is 1.60 bits per heavy atom. The van der Waals surface area contributed by atoms with Gasteiger partial charge in [-0.05, 0) is 38.8 Å². The number of hydrogen-bond donors (Lipinski definition) is 1. The minimum absolute atomic E-state index is 0.708. The van der Waals surface area contributed by atoms with E-state index in [1.807, 2.05) is 13.0 Å². The van der Waals surface area contributed by atoms with Crippen LogP contribution in [0.5, 0.6) is 0 Å². The first kappa shape index (κ1) is 17.2. The van der Waals surface area contributed by atoms with Crippen LogP contribution in [0.4, 0.5) is 17.5 Å². The first-order valence-electron chi connectivity index (χ1n) is 8.61. The van der Waals surface area contributed by atoms with Gasteiger partial charge in [-0.15, -0.1) is 0 Å². The number of benzene rings is 1. The van der Waals surface area contributed by atoms with Crippen LogP contribution >= 0.6 is 0 Å². The van der Waals surface area contributed by atoms with E-state index >= 15 is 0 Å². The lowest BCUT2D eigenvalue weighted by molar-refractivity contribution is -0.118. The van der Waals surface area contributed by atoms with E-state index in [1.165, 1.54) is 16.7 Å². The predicted octanol–water partition coefficient (Wildman–Crippen LogP) is 2.73. The molecule has 6 nitrogen and oxygen atoms in total. The summed E-state index contributed by atoms with van der Waals surface area (Å²) in [5.74, 6) is 1.52. The summed E-state index contributed by atoms with van der Waals surface area (Å²) in [6, 6.07) is 6.30. The molecule has 1 aromatic carbocycles. The highest BCUT2D eigenvalue weighted by atomic mass is 16.1. The van der Waals surface area contributed by atoms with E-state index in [2.05, 4.69) is 48.1 Å². The zero-order chi connectivity index (χ0) is 18.0. The van der Waals surface area contributed by atoms with Crippen LogP contribution in [0, 0.1) is 27.7 Å². The normalized spacial score (nSPS) is 14.6. The van der Waals surface area contributed by atoms with Gasteiger partial charge < -0.3 is 15.1 Å². The van der Waals surface area contributed by atoms with Crippen molar-refractivity contribution in [3.8, 4) is 0 Å². The van der Waals surface area contributed by atoms with Gasteiger partial charge >= 0.3 is 0 Å². The van der Waals surface area contributed by atoms with Gasteiger partial charge in [0.25, 0.3) is 0 Å². The highest BCUT2D eigenvalue weighted by Crippen LogP contribution is 2.26. The number of carbonyl (C=O) groups is 1. The first-order chi connectivity index (χ1) is 12.0. The molecule has 0 bridgehead atoms. The van der Waals surface area contributed by atoms with Crippen molar-refractivity contribution in [3.63, 3.8) is 0 Å². The number of aromatic nitrogens is 2. The third-order valence-corrected chi connectivity index (χ3v) is 4.52. The average molecular weight is 339 g/mol. The standard InChI is InChI=1S/C19H25N5O/c1-13-9-14(2)18(15(3)10-13)21-17-11-16(4)20-19(22-17)24-7-5-23(12-25)6-8-24/h9-12H,5-8H2,1-4H3,(H,20,21,22). The lowest BCUT2D eigenvalue weighted by atomic mass is 10.1. The molecule has 6 heteroatoms. The average Bonchev–Trinajstić information content (AvgIpc) is 2.58. The molecule has 0 aliphatic carbocycles. The van der Waals surface area contributed by atoms with Crippen LogP contribution in [0.2, 0.25) is 0 Å². The van der Waals surface area contributed by atoms with Gasteiger partial charge in [0, 0.05) is 43.6 Å². The molecule has 0 atom stereocenters. The molecule has 2 heterocycles. The summed E-state index contributed by atoms with van der Waals surface area (Å²) in [7, 11) is 0. The van der Waals surface area contributed by atoms with Gasteiger partial charge in [0.05, 0.1) is 0 Å². The van der Waals surface area contributed by atoms with Gasteiger partial charge in [-0.1, -0.05) is 17.7 Å². The minimum atomic E-state index is 0.708. The lowest BCUT2D eigenvalue weighted by Gasteiger charge is -2.32. The van der Waals surface area contributed by atoms with Crippen molar-refractivity contribution in [1.82, 2.24) is 14.9 Å². The monoisotopic (exact) mass is 339 g/mol. The van der Waals surface area contributed by atoms with E-state index in [0.29, 0.717) is 13.1 Å². The van der Waals surface area contributed by atoms with Gasteiger partial charge in [-0.2, -0.15) is 4.98 Å². The summed E-state index contributed by atoms with van der Waals surface area (Å²) >= 11 is 0. The Labute approximate surface area is 148 Å². The summed E-state index contributed by atoms with van der Waals surface area (Å²) < 4.78 is 0. The van der Waals surface area contributed by atoms with E-state index < -0.39 is 0 Å². The topological polar surface area (TPSA) is 61.4 Å². The second kappa shape index (κ2) is 7.09.